The molecule has 1 amide bonds. The minimum absolute atomic E-state index is 0.0749. The van der Waals surface area contributed by atoms with Gasteiger partial charge in [0.2, 0.25) is 0 Å². The van der Waals surface area contributed by atoms with Gasteiger partial charge in [0.15, 0.2) is 0 Å². The number of aliphatic hydroxyl groups excluding tert-OH is 1. The van der Waals surface area contributed by atoms with Crippen LogP contribution in [0.3, 0.4) is 0 Å². The summed E-state index contributed by atoms with van der Waals surface area (Å²) in [4.78, 5) is 29.6. The zero-order chi connectivity index (χ0) is 22.5. The summed E-state index contributed by atoms with van der Waals surface area (Å²) in [5.41, 5.74) is 2.13. The number of carbonyl (C=O) groups is 2. The molecule has 0 spiro atoms. The van der Waals surface area contributed by atoms with Gasteiger partial charge in [-0.25, -0.2) is 9.79 Å². The highest BCUT2D eigenvalue weighted by atomic mass is 35.5. The van der Waals surface area contributed by atoms with Crippen LogP contribution in [0.4, 0.5) is 0 Å². The molecule has 2 aromatic carbocycles. The first-order chi connectivity index (χ1) is 14.8. The van der Waals surface area contributed by atoms with Crippen molar-refractivity contribution >= 4 is 46.4 Å². The third-order valence-electron chi connectivity index (χ3n) is 4.58. The maximum atomic E-state index is 12.7. The number of nitrogens with zero attached hydrogens (tertiary/aromatic N) is 1. The van der Waals surface area contributed by atoms with Gasteiger partial charge in [0, 0.05) is 0 Å². The van der Waals surface area contributed by atoms with E-state index < -0.39 is 11.9 Å². The Morgan fingerprint density at radius 3 is 2.45 bits per heavy atom. The van der Waals surface area contributed by atoms with E-state index in [2.05, 4.69) is 18.8 Å². The number of thioether (sulfide) groups is 1. The quantitative estimate of drug-likeness (QED) is 0.546. The van der Waals surface area contributed by atoms with Crippen LogP contribution in [0.25, 0.3) is 6.08 Å². The molecule has 0 unspecified atom stereocenters. The SMILES string of the molecule is CCOC(=O)C1=C(O)/C(=C/c2ccc(C(C)C)cc2)SC1=NC(=O)c1ccccc1Cl. The van der Waals surface area contributed by atoms with E-state index in [1.165, 1.54) is 5.56 Å². The maximum absolute atomic E-state index is 12.7. The molecule has 1 aliphatic heterocycles. The van der Waals surface area contributed by atoms with Crippen LogP contribution >= 0.6 is 23.4 Å². The number of amides is 1. The number of hydrogen-bond acceptors (Lipinski definition) is 5. The highest BCUT2D eigenvalue weighted by Crippen LogP contribution is 2.39. The topological polar surface area (TPSA) is 76.0 Å². The number of benzene rings is 2. The molecule has 0 bridgehead atoms. The van der Waals surface area contributed by atoms with Crippen molar-refractivity contribution in [3.05, 3.63) is 86.5 Å². The zero-order valence-corrected chi connectivity index (χ0v) is 19.0. The number of hydrogen-bond donors (Lipinski definition) is 1. The number of esters is 1. The number of carbonyl (C=O) groups excluding carboxylic acids is 2. The van der Waals surface area contributed by atoms with Gasteiger partial charge < -0.3 is 9.84 Å². The standard InChI is InChI=1S/C24H22ClNO4S/c1-4-30-24(29)20-21(27)19(13-15-9-11-16(12-10-15)14(2)3)31-23(20)26-22(28)17-7-5-6-8-18(17)25/h5-14,27H,4H2,1-3H3/b19-13-,26-23?. The first-order valence-electron chi connectivity index (χ1n) is 9.80. The molecule has 2 aromatic rings. The van der Waals surface area contributed by atoms with Crippen molar-refractivity contribution in [2.24, 2.45) is 4.99 Å². The van der Waals surface area contributed by atoms with Crippen LogP contribution in [-0.2, 0) is 9.53 Å². The molecule has 1 heterocycles. The fourth-order valence-electron chi connectivity index (χ4n) is 2.91. The van der Waals surface area contributed by atoms with Crippen molar-refractivity contribution < 1.29 is 19.4 Å². The molecule has 7 heteroatoms. The monoisotopic (exact) mass is 455 g/mol. The Morgan fingerprint density at radius 1 is 1.16 bits per heavy atom. The Balaban J connectivity index is 1.99. The summed E-state index contributed by atoms with van der Waals surface area (Å²) in [6, 6.07) is 14.4. The summed E-state index contributed by atoms with van der Waals surface area (Å²) in [7, 11) is 0. The summed E-state index contributed by atoms with van der Waals surface area (Å²) in [6.45, 7) is 6.01. The summed E-state index contributed by atoms with van der Waals surface area (Å²) >= 11 is 7.13. The van der Waals surface area contributed by atoms with E-state index in [0.29, 0.717) is 10.8 Å². The normalized spacial score (nSPS) is 16.4. The van der Waals surface area contributed by atoms with Crippen molar-refractivity contribution in [2.45, 2.75) is 26.7 Å². The van der Waals surface area contributed by atoms with Crippen molar-refractivity contribution in [3.8, 4) is 0 Å². The minimum Gasteiger partial charge on any atom is -0.506 e. The predicted molar refractivity (Wildman–Crippen MR) is 126 cm³/mol. The van der Waals surface area contributed by atoms with Crippen LogP contribution in [-0.4, -0.2) is 28.6 Å². The number of aliphatic hydroxyl groups is 1. The summed E-state index contributed by atoms with van der Waals surface area (Å²) in [5.74, 6) is -1.20. The second-order valence-electron chi connectivity index (χ2n) is 7.08. The molecule has 0 saturated carbocycles. The van der Waals surface area contributed by atoms with Crippen molar-refractivity contribution in [2.75, 3.05) is 6.61 Å². The van der Waals surface area contributed by atoms with E-state index >= 15 is 0 Å². The molecule has 31 heavy (non-hydrogen) atoms. The van der Waals surface area contributed by atoms with Gasteiger partial charge in [0.25, 0.3) is 5.91 Å². The first-order valence-corrected chi connectivity index (χ1v) is 11.0. The smallest absolute Gasteiger partial charge is 0.344 e. The van der Waals surface area contributed by atoms with Crippen molar-refractivity contribution in [1.29, 1.82) is 0 Å². The maximum Gasteiger partial charge on any atom is 0.344 e. The van der Waals surface area contributed by atoms with Crippen molar-refractivity contribution in [1.82, 2.24) is 0 Å². The van der Waals surface area contributed by atoms with E-state index in [4.69, 9.17) is 16.3 Å². The van der Waals surface area contributed by atoms with Gasteiger partial charge in [0.05, 0.1) is 22.1 Å². The van der Waals surface area contributed by atoms with Gasteiger partial charge in [-0.2, -0.15) is 0 Å². The van der Waals surface area contributed by atoms with Gasteiger partial charge in [-0.3, -0.25) is 4.79 Å². The lowest BCUT2D eigenvalue weighted by atomic mass is 10.0. The Labute approximate surface area is 190 Å². The van der Waals surface area contributed by atoms with Crippen LogP contribution in [0.15, 0.2) is 69.8 Å². The highest BCUT2D eigenvalue weighted by Gasteiger charge is 2.34. The molecule has 0 fully saturated rings. The third kappa shape index (κ3) is 5.27. The Hall–Kier alpha value is -2.83. The first kappa shape index (κ1) is 22.8. The lowest BCUT2D eigenvalue weighted by Gasteiger charge is -2.05. The summed E-state index contributed by atoms with van der Waals surface area (Å²) in [6.07, 6.45) is 1.74. The second-order valence-corrected chi connectivity index (χ2v) is 8.52. The van der Waals surface area contributed by atoms with Gasteiger partial charge in [-0.15, -0.1) is 0 Å². The Morgan fingerprint density at radius 2 is 1.84 bits per heavy atom. The number of ether oxygens (including phenoxy) is 1. The number of halogens is 1. The molecule has 0 atom stereocenters. The van der Waals surface area contributed by atoms with Crippen molar-refractivity contribution in [3.63, 3.8) is 0 Å². The highest BCUT2D eigenvalue weighted by molar-refractivity contribution is 8.18. The summed E-state index contributed by atoms with van der Waals surface area (Å²) in [5, 5.41) is 11.1. The average molecular weight is 456 g/mol. The molecular formula is C24H22ClNO4S. The number of aliphatic imine (C=N–C) groups is 1. The van der Waals surface area contributed by atoms with E-state index in [1.54, 1.807) is 37.3 Å². The molecule has 0 aromatic heterocycles. The van der Waals surface area contributed by atoms with Crippen LogP contribution < -0.4 is 0 Å². The Bertz CT molecular complexity index is 1100. The van der Waals surface area contributed by atoms with Crippen LogP contribution in [0.5, 0.6) is 0 Å². The molecule has 5 nitrogen and oxygen atoms in total. The minimum atomic E-state index is -0.739. The Kier molecular flexibility index (Phi) is 7.36. The van der Waals surface area contributed by atoms with Gasteiger partial charge in [0.1, 0.15) is 16.4 Å². The van der Waals surface area contributed by atoms with Gasteiger partial charge >= 0.3 is 5.97 Å². The fourth-order valence-corrected chi connectivity index (χ4v) is 4.14. The van der Waals surface area contributed by atoms with Crippen LogP contribution in [0, 0.1) is 0 Å². The fraction of sp³-hybridized carbons (Fsp3) is 0.208. The molecular weight excluding hydrogens is 434 g/mol. The second kappa shape index (κ2) is 9.98. The molecule has 0 aliphatic carbocycles. The lowest BCUT2D eigenvalue weighted by molar-refractivity contribution is -0.138. The molecule has 1 aliphatic rings. The summed E-state index contributed by atoms with van der Waals surface area (Å²) < 4.78 is 5.06. The average Bonchev–Trinajstić information content (AvgIpc) is 3.03. The molecule has 1 N–H and O–H groups in total. The largest absolute Gasteiger partial charge is 0.506 e. The van der Waals surface area contributed by atoms with Gasteiger partial charge in [-0.05, 0) is 42.2 Å². The van der Waals surface area contributed by atoms with Gasteiger partial charge in [-0.1, -0.05) is 73.6 Å². The van der Waals surface area contributed by atoms with E-state index in [-0.39, 0.29) is 33.6 Å². The van der Waals surface area contributed by atoms with E-state index in [9.17, 15) is 14.7 Å². The predicted octanol–water partition coefficient (Wildman–Crippen LogP) is 6.17. The zero-order valence-electron chi connectivity index (χ0n) is 17.4. The lowest BCUT2D eigenvalue weighted by Crippen LogP contribution is -2.14. The molecule has 160 valence electrons. The number of rotatable bonds is 5. The third-order valence-corrected chi connectivity index (χ3v) is 5.93. The molecule has 3 rings (SSSR count). The van der Waals surface area contributed by atoms with E-state index in [0.717, 1.165) is 17.3 Å². The van der Waals surface area contributed by atoms with E-state index in [1.807, 2.05) is 24.3 Å². The molecule has 0 radical (unpaired) electrons. The molecule has 0 saturated heterocycles. The van der Waals surface area contributed by atoms with Crippen LogP contribution in [0.1, 0.15) is 48.2 Å². The van der Waals surface area contributed by atoms with Crippen LogP contribution in [0.2, 0.25) is 5.02 Å².